The molecule has 0 radical (unpaired) electrons. The minimum Gasteiger partial charge on any atom is -0.411 e. The summed E-state index contributed by atoms with van der Waals surface area (Å²) in [6.07, 6.45) is 5.04. The van der Waals surface area contributed by atoms with Crippen LogP contribution in [-0.2, 0) is 4.79 Å². The maximum absolute atomic E-state index is 11.9. The first-order chi connectivity index (χ1) is 6.57. The van der Waals surface area contributed by atoms with E-state index < -0.39 is 0 Å². The number of ketones is 1. The Balaban J connectivity index is 3.03. The molecular weight excluding hydrogens is 178 g/mol. The molecular formula is C11H15NO2. The maximum Gasteiger partial charge on any atom is 0.171 e. The van der Waals surface area contributed by atoms with Crippen molar-refractivity contribution in [3.63, 3.8) is 0 Å². The van der Waals surface area contributed by atoms with E-state index in [0.717, 1.165) is 5.57 Å². The van der Waals surface area contributed by atoms with Gasteiger partial charge in [0.05, 0.1) is 6.21 Å². The summed E-state index contributed by atoms with van der Waals surface area (Å²) >= 11 is 0. The molecule has 0 amide bonds. The summed E-state index contributed by atoms with van der Waals surface area (Å²) in [6, 6.07) is 0. The van der Waals surface area contributed by atoms with E-state index in [9.17, 15) is 4.79 Å². The maximum atomic E-state index is 11.9. The smallest absolute Gasteiger partial charge is 0.171 e. The summed E-state index contributed by atoms with van der Waals surface area (Å²) < 4.78 is 0. The number of hydrogen-bond acceptors (Lipinski definition) is 3. The number of oxime groups is 1. The second-order valence-corrected chi connectivity index (χ2v) is 3.83. The van der Waals surface area contributed by atoms with Crippen molar-refractivity contribution in [3.8, 4) is 0 Å². The van der Waals surface area contributed by atoms with Gasteiger partial charge in [0.25, 0.3) is 0 Å². The Kier molecular flexibility index (Phi) is 3.23. The molecule has 0 saturated carbocycles. The average Bonchev–Trinajstić information content (AvgIpc) is 2.11. The highest BCUT2D eigenvalue weighted by Crippen LogP contribution is 2.24. The van der Waals surface area contributed by atoms with Gasteiger partial charge in [0, 0.05) is 11.5 Å². The van der Waals surface area contributed by atoms with Gasteiger partial charge in [-0.15, -0.1) is 0 Å². The third-order valence-electron chi connectivity index (χ3n) is 2.45. The van der Waals surface area contributed by atoms with Crippen LogP contribution < -0.4 is 0 Å². The van der Waals surface area contributed by atoms with Gasteiger partial charge in [-0.1, -0.05) is 31.2 Å². The highest BCUT2D eigenvalue weighted by molar-refractivity contribution is 6.16. The molecule has 0 spiro atoms. The highest BCUT2D eigenvalue weighted by atomic mass is 16.4. The van der Waals surface area contributed by atoms with Crippen LogP contribution in [0.25, 0.3) is 0 Å². The molecule has 3 heteroatoms. The van der Waals surface area contributed by atoms with Crippen LogP contribution in [0.1, 0.15) is 20.8 Å². The largest absolute Gasteiger partial charge is 0.411 e. The monoisotopic (exact) mass is 193 g/mol. The van der Waals surface area contributed by atoms with Gasteiger partial charge in [-0.25, -0.2) is 0 Å². The second-order valence-electron chi connectivity index (χ2n) is 3.83. The number of rotatable bonds is 2. The van der Waals surface area contributed by atoms with E-state index in [0.29, 0.717) is 5.57 Å². The molecule has 1 aliphatic rings. The molecule has 0 aromatic heterocycles. The quantitative estimate of drug-likeness (QED) is 0.415. The first-order valence-electron chi connectivity index (χ1n) is 4.68. The third kappa shape index (κ3) is 1.92. The van der Waals surface area contributed by atoms with Crippen molar-refractivity contribution >= 4 is 12.0 Å². The molecule has 1 N–H and O–H groups in total. The van der Waals surface area contributed by atoms with E-state index >= 15 is 0 Å². The number of nitrogens with zero attached hydrogens (tertiary/aromatic N) is 1. The van der Waals surface area contributed by atoms with E-state index in [1.54, 1.807) is 0 Å². The van der Waals surface area contributed by atoms with E-state index in [1.807, 2.05) is 32.9 Å². The molecule has 0 unspecified atom stereocenters. The van der Waals surface area contributed by atoms with Gasteiger partial charge in [-0.2, -0.15) is 0 Å². The van der Waals surface area contributed by atoms with Crippen LogP contribution in [0.5, 0.6) is 0 Å². The number of allylic oxidation sites excluding steroid dienone is 4. The van der Waals surface area contributed by atoms with E-state index in [-0.39, 0.29) is 17.6 Å². The van der Waals surface area contributed by atoms with Crippen LogP contribution in [0.15, 0.2) is 28.5 Å². The van der Waals surface area contributed by atoms with E-state index in [2.05, 4.69) is 5.16 Å². The molecule has 0 aromatic rings. The molecule has 0 bridgehead atoms. The van der Waals surface area contributed by atoms with Crippen LogP contribution >= 0.6 is 0 Å². The lowest BCUT2D eigenvalue weighted by atomic mass is 9.82. The summed E-state index contributed by atoms with van der Waals surface area (Å²) in [7, 11) is 0. The van der Waals surface area contributed by atoms with Gasteiger partial charge >= 0.3 is 0 Å². The molecule has 1 rings (SSSR count). The van der Waals surface area contributed by atoms with Gasteiger partial charge in [0.1, 0.15) is 0 Å². The fourth-order valence-electron chi connectivity index (χ4n) is 1.55. The molecule has 76 valence electrons. The summed E-state index contributed by atoms with van der Waals surface area (Å²) in [5.74, 6) is 0.221. The number of hydrogen-bond donors (Lipinski definition) is 1. The van der Waals surface area contributed by atoms with E-state index in [4.69, 9.17) is 5.21 Å². The molecule has 0 saturated heterocycles. The topological polar surface area (TPSA) is 49.7 Å². The van der Waals surface area contributed by atoms with Crippen molar-refractivity contribution in [3.05, 3.63) is 23.3 Å². The third-order valence-corrected chi connectivity index (χ3v) is 2.45. The van der Waals surface area contributed by atoms with Gasteiger partial charge in [0.2, 0.25) is 0 Å². The SMILES string of the molecule is CC1=C(/C=N/O)C(=O)[C@@H](C(C)C)C=C1. The van der Waals surface area contributed by atoms with Crippen molar-refractivity contribution in [1.82, 2.24) is 0 Å². The molecule has 14 heavy (non-hydrogen) atoms. The van der Waals surface area contributed by atoms with Crippen LogP contribution in [0.3, 0.4) is 0 Å². The molecule has 0 aromatic carbocycles. The van der Waals surface area contributed by atoms with Crippen molar-refractivity contribution in [2.45, 2.75) is 20.8 Å². The van der Waals surface area contributed by atoms with E-state index in [1.165, 1.54) is 6.21 Å². The Morgan fingerprint density at radius 3 is 2.71 bits per heavy atom. The first kappa shape index (κ1) is 10.7. The lowest BCUT2D eigenvalue weighted by molar-refractivity contribution is -0.118. The number of carbonyl (C=O) groups excluding carboxylic acids is 1. The number of carbonyl (C=O) groups is 1. The van der Waals surface area contributed by atoms with Crippen molar-refractivity contribution in [2.24, 2.45) is 17.0 Å². The Bertz CT molecular complexity index is 324. The van der Waals surface area contributed by atoms with Crippen molar-refractivity contribution in [2.75, 3.05) is 0 Å². The summed E-state index contributed by atoms with van der Waals surface area (Å²) in [5, 5.41) is 11.4. The second kappa shape index (κ2) is 4.22. The van der Waals surface area contributed by atoms with Crippen LogP contribution in [0, 0.1) is 11.8 Å². The Hall–Kier alpha value is -1.38. The van der Waals surface area contributed by atoms with Gasteiger partial charge in [-0.05, 0) is 18.4 Å². The Morgan fingerprint density at radius 2 is 2.21 bits per heavy atom. The Labute approximate surface area is 83.8 Å². The molecule has 3 nitrogen and oxygen atoms in total. The summed E-state index contributed by atoms with van der Waals surface area (Å²) in [6.45, 7) is 5.84. The first-order valence-corrected chi connectivity index (χ1v) is 4.68. The molecule has 1 atom stereocenters. The zero-order chi connectivity index (χ0) is 10.7. The fourth-order valence-corrected chi connectivity index (χ4v) is 1.55. The van der Waals surface area contributed by atoms with Crippen molar-refractivity contribution < 1.29 is 10.0 Å². The zero-order valence-electron chi connectivity index (χ0n) is 8.69. The van der Waals surface area contributed by atoms with Crippen LogP contribution in [-0.4, -0.2) is 17.2 Å². The minimum absolute atomic E-state index is 0.0396. The minimum atomic E-state index is -0.0910. The predicted octanol–water partition coefficient (Wildman–Crippen LogP) is 2.17. The normalized spacial score (nSPS) is 22.9. The predicted molar refractivity (Wildman–Crippen MR) is 55.5 cm³/mol. The van der Waals surface area contributed by atoms with Gasteiger partial charge < -0.3 is 5.21 Å². The molecule has 0 heterocycles. The summed E-state index contributed by atoms with van der Waals surface area (Å²) in [4.78, 5) is 11.9. The molecule has 1 aliphatic carbocycles. The summed E-state index contributed by atoms with van der Waals surface area (Å²) in [5.41, 5.74) is 1.36. The molecule has 0 aliphatic heterocycles. The highest BCUT2D eigenvalue weighted by Gasteiger charge is 2.25. The lowest BCUT2D eigenvalue weighted by Crippen LogP contribution is -2.24. The Morgan fingerprint density at radius 1 is 1.57 bits per heavy atom. The number of Topliss-reactive ketones (excluding diaryl/α,β-unsaturated/α-hetero) is 1. The molecule has 0 fully saturated rings. The zero-order valence-corrected chi connectivity index (χ0v) is 8.69. The average molecular weight is 193 g/mol. The van der Waals surface area contributed by atoms with Crippen molar-refractivity contribution in [1.29, 1.82) is 0 Å². The van der Waals surface area contributed by atoms with Gasteiger partial charge in [-0.3, -0.25) is 4.79 Å². The fraction of sp³-hybridized carbons (Fsp3) is 0.455. The lowest BCUT2D eigenvalue weighted by Gasteiger charge is -2.20. The van der Waals surface area contributed by atoms with Gasteiger partial charge in [0.15, 0.2) is 5.78 Å². The van der Waals surface area contributed by atoms with Crippen LogP contribution in [0.2, 0.25) is 0 Å². The van der Waals surface area contributed by atoms with Crippen LogP contribution in [0.4, 0.5) is 0 Å². The standard InChI is InChI=1S/C11H15NO2/c1-7(2)9-5-4-8(3)10(6-12-14)11(9)13/h4-7,9,14H,1-3H3/b12-6+/t9-/m1/s1.